The van der Waals surface area contributed by atoms with Crippen molar-refractivity contribution in [1.82, 2.24) is 9.97 Å². The first-order chi connectivity index (χ1) is 30.5. The Morgan fingerprint density at radius 1 is 0.355 bits per heavy atom. The molecule has 0 fully saturated rings. The van der Waals surface area contributed by atoms with E-state index in [0.29, 0.717) is 5.82 Å². The fourth-order valence-electron chi connectivity index (χ4n) is 9.72. The molecule has 0 saturated carbocycles. The number of hydrogen-bond acceptors (Lipinski definition) is 3. The minimum absolute atomic E-state index is 0.111. The van der Waals surface area contributed by atoms with Gasteiger partial charge in [0, 0.05) is 38.4 Å². The second-order valence-corrected chi connectivity index (χ2v) is 16.9. The van der Waals surface area contributed by atoms with Crippen LogP contribution in [0.25, 0.3) is 111 Å². The van der Waals surface area contributed by atoms with Crippen LogP contribution in [0.5, 0.6) is 0 Å². The molecular formula is C59H40N2O. The van der Waals surface area contributed by atoms with Crippen LogP contribution in [0.15, 0.2) is 211 Å². The van der Waals surface area contributed by atoms with Crippen LogP contribution < -0.4 is 0 Å². The second-order valence-electron chi connectivity index (χ2n) is 16.9. The van der Waals surface area contributed by atoms with Crippen LogP contribution in [0.1, 0.15) is 25.0 Å². The highest BCUT2D eigenvalue weighted by Gasteiger charge is 2.35. The van der Waals surface area contributed by atoms with Gasteiger partial charge in [0.05, 0.1) is 11.4 Å². The predicted octanol–water partition coefficient (Wildman–Crippen LogP) is 15.8. The van der Waals surface area contributed by atoms with Crippen LogP contribution >= 0.6 is 0 Å². The highest BCUT2D eigenvalue weighted by molar-refractivity contribution is 6.10. The molecule has 0 saturated heterocycles. The van der Waals surface area contributed by atoms with Crippen molar-refractivity contribution < 1.29 is 4.42 Å². The van der Waals surface area contributed by atoms with Gasteiger partial charge in [0.15, 0.2) is 5.82 Å². The molecular weight excluding hydrogens is 753 g/mol. The van der Waals surface area contributed by atoms with Crippen molar-refractivity contribution in [2.45, 2.75) is 19.3 Å². The van der Waals surface area contributed by atoms with Gasteiger partial charge in [0.1, 0.15) is 11.2 Å². The lowest BCUT2D eigenvalue weighted by Crippen LogP contribution is -2.14. The Morgan fingerprint density at radius 3 is 1.89 bits per heavy atom. The average Bonchev–Trinajstić information content (AvgIpc) is 3.83. The summed E-state index contributed by atoms with van der Waals surface area (Å²) in [6, 6.07) is 73.8. The predicted molar refractivity (Wildman–Crippen MR) is 257 cm³/mol. The van der Waals surface area contributed by atoms with Crippen LogP contribution in [0.2, 0.25) is 0 Å². The highest BCUT2D eigenvalue weighted by atomic mass is 16.3. The molecule has 292 valence electrons. The second kappa shape index (κ2) is 14.1. The molecule has 0 spiro atoms. The average molecular weight is 793 g/mol. The van der Waals surface area contributed by atoms with Crippen molar-refractivity contribution in [2.24, 2.45) is 0 Å². The van der Waals surface area contributed by atoms with Crippen molar-refractivity contribution in [3.8, 4) is 78.4 Å². The van der Waals surface area contributed by atoms with Crippen molar-refractivity contribution in [1.29, 1.82) is 0 Å². The maximum Gasteiger partial charge on any atom is 0.160 e. The minimum atomic E-state index is -0.111. The maximum absolute atomic E-state index is 6.63. The SMILES string of the molecule is CC1(C)c2ccccc2-c2ccc(-c3ccccc3-c3cc(-c4cc(-c5ccc6ccccc6c5)cc(-c5cccc6c5oc5ccccc56)c4)nc(-c4ccccc4)n3)cc21. The fraction of sp³-hybridized carbons (Fsp3) is 0.0508. The van der Waals surface area contributed by atoms with Crippen molar-refractivity contribution in [2.75, 3.05) is 0 Å². The van der Waals surface area contributed by atoms with Gasteiger partial charge in [-0.2, -0.15) is 0 Å². The number of nitrogens with zero attached hydrogens (tertiary/aromatic N) is 2. The van der Waals surface area contributed by atoms with Gasteiger partial charge in [-0.25, -0.2) is 9.97 Å². The monoisotopic (exact) mass is 792 g/mol. The zero-order valence-corrected chi connectivity index (χ0v) is 34.4. The molecule has 0 N–H and O–H groups in total. The van der Waals surface area contributed by atoms with E-state index < -0.39 is 0 Å². The molecule has 12 rings (SSSR count). The first-order valence-corrected chi connectivity index (χ1v) is 21.3. The van der Waals surface area contributed by atoms with E-state index in [2.05, 4.69) is 202 Å². The third-order valence-electron chi connectivity index (χ3n) is 12.9. The van der Waals surface area contributed by atoms with E-state index >= 15 is 0 Å². The molecule has 1 aliphatic rings. The number of para-hydroxylation sites is 2. The molecule has 0 unspecified atom stereocenters. The van der Waals surface area contributed by atoms with Gasteiger partial charge in [-0.1, -0.05) is 178 Å². The van der Waals surface area contributed by atoms with Crippen LogP contribution in [0, 0.1) is 0 Å². The minimum Gasteiger partial charge on any atom is -0.455 e. The molecule has 0 bridgehead atoms. The first kappa shape index (κ1) is 36.0. The number of rotatable bonds is 6. The first-order valence-electron chi connectivity index (χ1n) is 21.3. The zero-order valence-electron chi connectivity index (χ0n) is 34.4. The van der Waals surface area contributed by atoms with Gasteiger partial charge >= 0.3 is 0 Å². The lowest BCUT2D eigenvalue weighted by atomic mass is 9.81. The van der Waals surface area contributed by atoms with Gasteiger partial charge in [-0.05, 0) is 103 Å². The normalized spacial score (nSPS) is 12.8. The molecule has 1 aliphatic carbocycles. The largest absolute Gasteiger partial charge is 0.455 e. The van der Waals surface area contributed by atoms with E-state index in [1.165, 1.54) is 38.6 Å². The molecule has 11 aromatic rings. The van der Waals surface area contributed by atoms with E-state index in [1.54, 1.807) is 0 Å². The van der Waals surface area contributed by atoms with Gasteiger partial charge in [0.25, 0.3) is 0 Å². The molecule has 2 heterocycles. The number of fused-ring (bicyclic) bond motifs is 7. The van der Waals surface area contributed by atoms with E-state index in [9.17, 15) is 0 Å². The Kier molecular flexibility index (Phi) is 8.20. The Hall–Kier alpha value is -7.88. The van der Waals surface area contributed by atoms with Gasteiger partial charge in [-0.3, -0.25) is 0 Å². The molecule has 2 aromatic heterocycles. The highest BCUT2D eigenvalue weighted by Crippen LogP contribution is 2.50. The zero-order chi connectivity index (χ0) is 41.4. The third-order valence-corrected chi connectivity index (χ3v) is 12.9. The van der Waals surface area contributed by atoms with Crippen molar-refractivity contribution in [3.63, 3.8) is 0 Å². The van der Waals surface area contributed by atoms with Crippen LogP contribution in [0.3, 0.4) is 0 Å². The van der Waals surface area contributed by atoms with Gasteiger partial charge < -0.3 is 4.42 Å². The molecule has 0 aliphatic heterocycles. The summed E-state index contributed by atoms with van der Waals surface area (Å²) < 4.78 is 6.63. The number of aromatic nitrogens is 2. The van der Waals surface area contributed by atoms with Crippen molar-refractivity contribution >= 4 is 32.7 Å². The summed E-state index contributed by atoms with van der Waals surface area (Å²) in [4.78, 5) is 10.7. The molecule has 0 atom stereocenters. The Labute approximate surface area is 360 Å². The van der Waals surface area contributed by atoms with Crippen LogP contribution in [-0.2, 0) is 5.41 Å². The standard InChI is InChI=1S/C59H40N2O/c1-59(2)52-25-12-10-20-47(52)48-30-29-41(35-53(48)59)45-19-8-9-21-49(45)55-36-54(60-58(61-55)38-16-4-3-5-17-38)44-33-42(40-28-27-37-15-6-7-18-39(37)31-40)32-43(34-44)46-23-14-24-51-50-22-11-13-26-56(50)62-57(46)51/h3-36H,1-2H3. The number of hydrogen-bond donors (Lipinski definition) is 0. The summed E-state index contributed by atoms with van der Waals surface area (Å²) in [5, 5.41) is 4.62. The van der Waals surface area contributed by atoms with E-state index in [-0.39, 0.29) is 5.41 Å². The van der Waals surface area contributed by atoms with Gasteiger partial charge in [0.2, 0.25) is 0 Å². The van der Waals surface area contributed by atoms with E-state index in [4.69, 9.17) is 14.4 Å². The molecule has 3 heteroatoms. The molecule has 0 amide bonds. The molecule has 62 heavy (non-hydrogen) atoms. The van der Waals surface area contributed by atoms with Crippen LogP contribution in [0.4, 0.5) is 0 Å². The van der Waals surface area contributed by atoms with Gasteiger partial charge in [-0.15, -0.1) is 0 Å². The third kappa shape index (κ3) is 5.89. The topological polar surface area (TPSA) is 38.9 Å². The Balaban J connectivity index is 1.07. The summed E-state index contributed by atoms with van der Waals surface area (Å²) in [5.41, 5.74) is 18.3. The maximum atomic E-state index is 6.63. The van der Waals surface area contributed by atoms with E-state index in [0.717, 1.165) is 77.8 Å². The lowest BCUT2D eigenvalue weighted by molar-refractivity contribution is 0.660. The lowest BCUT2D eigenvalue weighted by Gasteiger charge is -2.22. The Bertz CT molecular complexity index is 3560. The van der Waals surface area contributed by atoms with E-state index in [1.807, 2.05) is 18.2 Å². The summed E-state index contributed by atoms with van der Waals surface area (Å²) in [5.74, 6) is 0.676. The fourth-order valence-corrected chi connectivity index (χ4v) is 9.72. The molecule has 0 radical (unpaired) electrons. The quantitative estimate of drug-likeness (QED) is 0.168. The summed E-state index contributed by atoms with van der Waals surface area (Å²) in [6.45, 7) is 4.68. The summed E-state index contributed by atoms with van der Waals surface area (Å²) in [7, 11) is 0. The Morgan fingerprint density at radius 2 is 1.00 bits per heavy atom. The molecule has 3 nitrogen and oxygen atoms in total. The van der Waals surface area contributed by atoms with Crippen LogP contribution in [-0.4, -0.2) is 9.97 Å². The molecule has 9 aromatic carbocycles. The summed E-state index contributed by atoms with van der Waals surface area (Å²) >= 11 is 0. The summed E-state index contributed by atoms with van der Waals surface area (Å²) in [6.07, 6.45) is 0. The smallest absolute Gasteiger partial charge is 0.160 e. The number of furan rings is 1. The van der Waals surface area contributed by atoms with Crippen molar-refractivity contribution in [3.05, 3.63) is 217 Å². The number of benzene rings is 9.